The summed E-state index contributed by atoms with van der Waals surface area (Å²) in [6, 6.07) is 14.4. The third-order valence-electron chi connectivity index (χ3n) is 6.17. The molecule has 1 aliphatic rings. The number of carbonyl (C=O) groups excluding carboxylic acids is 1. The third kappa shape index (κ3) is 6.24. The van der Waals surface area contributed by atoms with E-state index in [1.165, 1.54) is 16.9 Å². The van der Waals surface area contributed by atoms with Gasteiger partial charge in [0, 0.05) is 45.1 Å². The number of amides is 1. The van der Waals surface area contributed by atoms with Gasteiger partial charge in [-0.05, 0) is 23.3 Å². The van der Waals surface area contributed by atoms with Crippen LogP contribution in [0.3, 0.4) is 0 Å². The first-order valence-electron chi connectivity index (χ1n) is 11.9. The van der Waals surface area contributed by atoms with Gasteiger partial charge in [0.25, 0.3) is 0 Å². The zero-order chi connectivity index (χ0) is 25.6. The highest BCUT2D eigenvalue weighted by Crippen LogP contribution is 2.30. The summed E-state index contributed by atoms with van der Waals surface area (Å²) in [5, 5.41) is 10.5. The monoisotopic (exact) mass is 514 g/mol. The number of hydrogen-bond donors (Lipinski definition) is 1. The van der Waals surface area contributed by atoms with Crippen molar-refractivity contribution in [2.24, 2.45) is 5.73 Å². The largest absolute Gasteiger partial charge is 0.459 e. The Balaban J connectivity index is 1.17. The zero-order valence-electron chi connectivity index (χ0n) is 20.2. The molecule has 0 radical (unpaired) electrons. The molecule has 1 saturated heterocycles. The average Bonchev–Trinajstić information content (AvgIpc) is 3.34. The molecule has 37 heavy (non-hydrogen) atoms. The molecule has 1 aromatic carbocycles. The first kappa shape index (κ1) is 24.7. The number of piperazine rings is 1. The second kappa shape index (κ2) is 11.4. The Morgan fingerprint density at radius 2 is 1.81 bits per heavy atom. The van der Waals surface area contributed by atoms with Gasteiger partial charge in [0.1, 0.15) is 17.5 Å². The number of aromatic nitrogens is 4. The van der Waals surface area contributed by atoms with Crippen LogP contribution >= 0.6 is 11.3 Å². The molecule has 0 bridgehead atoms. The average molecular weight is 515 g/mol. The molecular formula is C26H26N8O2S. The van der Waals surface area contributed by atoms with Crippen LogP contribution in [0.1, 0.15) is 27.7 Å². The summed E-state index contributed by atoms with van der Waals surface area (Å²) in [6.45, 7) is 5.00. The zero-order valence-corrected chi connectivity index (χ0v) is 21.0. The Bertz CT molecular complexity index is 1380. The van der Waals surface area contributed by atoms with Gasteiger partial charge in [0.2, 0.25) is 5.91 Å². The van der Waals surface area contributed by atoms with Crippen molar-refractivity contribution < 1.29 is 9.53 Å². The fourth-order valence-corrected chi connectivity index (χ4v) is 5.22. The van der Waals surface area contributed by atoms with Crippen molar-refractivity contribution in [3.05, 3.63) is 76.8 Å². The molecule has 1 unspecified atom stereocenters. The smallest absolute Gasteiger partial charge is 0.316 e. The molecule has 188 valence electrons. The molecule has 11 heteroatoms. The molecule has 4 aromatic rings. The molecule has 10 nitrogen and oxygen atoms in total. The maximum atomic E-state index is 11.1. The van der Waals surface area contributed by atoms with E-state index in [0.29, 0.717) is 23.9 Å². The van der Waals surface area contributed by atoms with E-state index in [0.717, 1.165) is 48.5 Å². The molecule has 4 heterocycles. The SMILES string of the molecule is N#CC(c1ccnc(OCc2ccc(CN3CCN(CC(N)=O)CC3)cc2)n1)c1nc2cnccc2s1. The summed E-state index contributed by atoms with van der Waals surface area (Å²) in [4.78, 5) is 32.9. The van der Waals surface area contributed by atoms with E-state index in [-0.39, 0.29) is 11.9 Å². The summed E-state index contributed by atoms with van der Waals surface area (Å²) in [6.07, 6.45) is 5.00. The van der Waals surface area contributed by atoms with Crippen LogP contribution in [0.15, 0.2) is 55.0 Å². The number of nitrogens with zero attached hydrogens (tertiary/aromatic N) is 7. The number of nitrogens with two attached hydrogens (primary N) is 1. The summed E-state index contributed by atoms with van der Waals surface area (Å²) in [5.74, 6) is -0.890. The number of ether oxygens (including phenoxy) is 1. The highest BCUT2D eigenvalue weighted by atomic mass is 32.1. The van der Waals surface area contributed by atoms with Gasteiger partial charge >= 0.3 is 6.01 Å². The number of primary amides is 1. The van der Waals surface area contributed by atoms with Crippen LogP contribution in [-0.2, 0) is 17.9 Å². The second-order valence-corrected chi connectivity index (χ2v) is 9.91. The normalized spacial score (nSPS) is 15.3. The first-order chi connectivity index (χ1) is 18.1. The highest BCUT2D eigenvalue weighted by molar-refractivity contribution is 7.18. The lowest BCUT2D eigenvalue weighted by atomic mass is 10.1. The predicted molar refractivity (Wildman–Crippen MR) is 139 cm³/mol. The van der Waals surface area contributed by atoms with Gasteiger partial charge in [-0.15, -0.1) is 11.3 Å². The lowest BCUT2D eigenvalue weighted by Gasteiger charge is -2.34. The van der Waals surface area contributed by atoms with Gasteiger partial charge in [-0.1, -0.05) is 24.3 Å². The lowest BCUT2D eigenvalue weighted by Crippen LogP contribution is -2.48. The molecule has 1 fully saturated rings. The molecule has 1 atom stereocenters. The molecule has 0 spiro atoms. The van der Waals surface area contributed by atoms with E-state index in [9.17, 15) is 10.1 Å². The van der Waals surface area contributed by atoms with Crippen molar-refractivity contribution in [1.82, 2.24) is 29.7 Å². The second-order valence-electron chi connectivity index (χ2n) is 8.85. The minimum absolute atomic E-state index is 0.221. The van der Waals surface area contributed by atoms with Gasteiger partial charge in [-0.3, -0.25) is 19.6 Å². The number of pyridine rings is 1. The van der Waals surface area contributed by atoms with Gasteiger partial charge in [0.15, 0.2) is 0 Å². The lowest BCUT2D eigenvalue weighted by molar-refractivity contribution is -0.119. The van der Waals surface area contributed by atoms with Gasteiger partial charge in [-0.25, -0.2) is 9.97 Å². The molecule has 1 amide bonds. The quantitative estimate of drug-likeness (QED) is 0.357. The van der Waals surface area contributed by atoms with E-state index in [2.05, 4.69) is 47.9 Å². The van der Waals surface area contributed by atoms with Crippen LogP contribution in [0.4, 0.5) is 0 Å². The number of carbonyl (C=O) groups is 1. The van der Waals surface area contributed by atoms with E-state index in [1.807, 2.05) is 18.2 Å². The van der Waals surface area contributed by atoms with Crippen LogP contribution in [0, 0.1) is 11.3 Å². The molecule has 0 aliphatic carbocycles. The Labute approximate surface area is 218 Å². The summed E-state index contributed by atoms with van der Waals surface area (Å²) < 4.78 is 6.82. The summed E-state index contributed by atoms with van der Waals surface area (Å²) in [7, 11) is 0. The van der Waals surface area contributed by atoms with Crippen molar-refractivity contribution >= 4 is 27.5 Å². The Morgan fingerprint density at radius 3 is 2.54 bits per heavy atom. The Hall–Kier alpha value is -3.98. The maximum absolute atomic E-state index is 11.1. The fraction of sp³-hybridized carbons (Fsp3) is 0.308. The third-order valence-corrected chi connectivity index (χ3v) is 7.28. The van der Waals surface area contributed by atoms with Crippen LogP contribution in [0.5, 0.6) is 6.01 Å². The molecule has 1 aliphatic heterocycles. The van der Waals surface area contributed by atoms with Crippen molar-refractivity contribution in [1.29, 1.82) is 5.26 Å². The number of hydrogen-bond acceptors (Lipinski definition) is 10. The van der Waals surface area contributed by atoms with E-state index >= 15 is 0 Å². The number of thiazole rings is 1. The van der Waals surface area contributed by atoms with Crippen molar-refractivity contribution in [3.8, 4) is 12.1 Å². The van der Waals surface area contributed by atoms with E-state index < -0.39 is 5.92 Å². The standard InChI is InChI=1S/C26H26N8O2S/c27-13-20(25-31-22-14-29-7-6-23(22)37-25)21-5-8-30-26(32-21)36-17-19-3-1-18(2-4-19)15-33-9-11-34(12-10-33)16-24(28)35/h1-8,14,20H,9-12,15-17H2,(H2,28,35). The predicted octanol–water partition coefficient (Wildman–Crippen LogP) is 2.32. The Morgan fingerprint density at radius 1 is 1.05 bits per heavy atom. The number of fused-ring (bicyclic) bond motifs is 1. The van der Waals surface area contributed by atoms with E-state index in [4.69, 9.17) is 10.5 Å². The molecule has 3 aromatic heterocycles. The molecule has 0 saturated carbocycles. The minimum Gasteiger partial charge on any atom is -0.459 e. The van der Waals surface area contributed by atoms with E-state index in [1.54, 1.807) is 24.7 Å². The highest BCUT2D eigenvalue weighted by Gasteiger charge is 2.21. The number of rotatable bonds is 9. The topological polar surface area (TPSA) is 134 Å². The number of benzene rings is 1. The van der Waals surface area contributed by atoms with Crippen LogP contribution < -0.4 is 10.5 Å². The maximum Gasteiger partial charge on any atom is 0.316 e. The summed E-state index contributed by atoms with van der Waals surface area (Å²) in [5.41, 5.74) is 8.82. The Kier molecular flexibility index (Phi) is 7.60. The summed E-state index contributed by atoms with van der Waals surface area (Å²) >= 11 is 1.46. The first-order valence-corrected chi connectivity index (χ1v) is 12.8. The van der Waals surface area contributed by atoms with Crippen LogP contribution in [0.2, 0.25) is 0 Å². The molecule has 5 rings (SSSR count). The van der Waals surface area contributed by atoms with Crippen molar-refractivity contribution in [2.45, 2.75) is 19.1 Å². The fourth-order valence-electron chi connectivity index (χ4n) is 4.23. The van der Waals surface area contributed by atoms with Crippen LogP contribution in [-0.4, -0.2) is 68.4 Å². The van der Waals surface area contributed by atoms with Crippen molar-refractivity contribution in [3.63, 3.8) is 0 Å². The molecular weight excluding hydrogens is 488 g/mol. The molecule has 2 N–H and O–H groups in total. The minimum atomic E-state index is -0.611. The van der Waals surface area contributed by atoms with Gasteiger partial charge in [0.05, 0.1) is 34.7 Å². The van der Waals surface area contributed by atoms with Crippen molar-refractivity contribution in [2.75, 3.05) is 32.7 Å². The van der Waals surface area contributed by atoms with Crippen LogP contribution in [0.25, 0.3) is 10.2 Å². The number of nitriles is 1. The van der Waals surface area contributed by atoms with Gasteiger partial charge in [-0.2, -0.15) is 10.2 Å². The van der Waals surface area contributed by atoms with Gasteiger partial charge < -0.3 is 10.5 Å².